The van der Waals surface area contributed by atoms with E-state index in [1.54, 1.807) is 25.4 Å². The first kappa shape index (κ1) is 21.2. The van der Waals surface area contributed by atoms with Crippen LogP contribution in [-0.2, 0) is 19.1 Å². The highest BCUT2D eigenvalue weighted by Crippen LogP contribution is 2.31. The fourth-order valence-corrected chi connectivity index (χ4v) is 3.75. The van der Waals surface area contributed by atoms with Crippen LogP contribution in [-0.4, -0.2) is 28.3 Å². The highest BCUT2D eigenvalue weighted by atomic mass is 16.5. The van der Waals surface area contributed by atoms with Crippen LogP contribution in [0.3, 0.4) is 0 Å². The number of allylic oxidation sites excluding steroid dienone is 1. The van der Waals surface area contributed by atoms with Crippen molar-refractivity contribution in [2.45, 2.75) is 6.92 Å². The topological polar surface area (TPSA) is 93.3 Å². The summed E-state index contributed by atoms with van der Waals surface area (Å²) in [5.41, 5.74) is 4.05. The second kappa shape index (κ2) is 9.07. The Morgan fingerprint density at radius 3 is 2.59 bits per heavy atom. The van der Waals surface area contributed by atoms with Gasteiger partial charge in [0.1, 0.15) is 5.65 Å². The highest BCUT2D eigenvalue weighted by molar-refractivity contribution is 6.26. The lowest BCUT2D eigenvalue weighted by Gasteiger charge is -2.10. The molecule has 168 valence electrons. The van der Waals surface area contributed by atoms with Gasteiger partial charge >= 0.3 is 5.97 Å². The molecule has 0 amide bonds. The first-order valence-corrected chi connectivity index (χ1v) is 10.8. The third kappa shape index (κ3) is 4.06. The lowest BCUT2D eigenvalue weighted by Crippen LogP contribution is -2.16. The van der Waals surface area contributed by atoms with Gasteiger partial charge < -0.3 is 19.8 Å². The summed E-state index contributed by atoms with van der Waals surface area (Å²) in [4.78, 5) is 33.0. The number of hydrogen-bond acceptors (Lipinski definition) is 6. The van der Waals surface area contributed by atoms with Crippen LogP contribution in [0.15, 0.2) is 96.3 Å². The quantitative estimate of drug-likeness (QED) is 0.242. The van der Waals surface area contributed by atoms with Gasteiger partial charge in [-0.3, -0.25) is 4.79 Å². The SMILES string of the molecule is CCOC(=O)C1=C(Nc2ccc(-c3ccccc3)cc2)OC(=Cc2c[nH]c3ncccc23)C1=O. The van der Waals surface area contributed by atoms with E-state index in [2.05, 4.69) is 15.3 Å². The van der Waals surface area contributed by atoms with Crippen LogP contribution in [0.5, 0.6) is 0 Å². The van der Waals surface area contributed by atoms with Gasteiger partial charge in [-0.05, 0) is 48.4 Å². The average molecular weight is 451 g/mol. The molecule has 0 spiro atoms. The molecule has 0 atom stereocenters. The summed E-state index contributed by atoms with van der Waals surface area (Å²) in [7, 11) is 0. The van der Waals surface area contributed by atoms with Crippen molar-refractivity contribution in [3.05, 3.63) is 102 Å². The van der Waals surface area contributed by atoms with Gasteiger partial charge in [0.2, 0.25) is 11.7 Å². The zero-order valence-corrected chi connectivity index (χ0v) is 18.4. The minimum Gasteiger partial charge on any atom is -0.462 e. The molecule has 2 aromatic carbocycles. The van der Waals surface area contributed by atoms with Crippen LogP contribution in [0.25, 0.3) is 28.2 Å². The van der Waals surface area contributed by atoms with E-state index in [1.165, 1.54) is 0 Å². The van der Waals surface area contributed by atoms with Crippen molar-refractivity contribution in [1.82, 2.24) is 9.97 Å². The minimum absolute atomic E-state index is 0.0243. The molecule has 0 saturated carbocycles. The molecule has 0 fully saturated rings. The van der Waals surface area contributed by atoms with E-state index in [0.717, 1.165) is 22.1 Å². The molecular weight excluding hydrogens is 430 g/mol. The van der Waals surface area contributed by atoms with Gasteiger partial charge in [-0.2, -0.15) is 0 Å². The Balaban J connectivity index is 1.45. The van der Waals surface area contributed by atoms with E-state index in [0.29, 0.717) is 11.3 Å². The first-order valence-electron chi connectivity index (χ1n) is 10.8. The smallest absolute Gasteiger partial charge is 0.347 e. The maximum Gasteiger partial charge on any atom is 0.347 e. The maximum atomic E-state index is 13.1. The minimum atomic E-state index is -0.736. The number of nitrogens with one attached hydrogen (secondary N) is 2. The second-order valence-corrected chi connectivity index (χ2v) is 7.58. The number of ether oxygens (including phenoxy) is 2. The highest BCUT2D eigenvalue weighted by Gasteiger charge is 2.37. The van der Waals surface area contributed by atoms with Crippen LogP contribution in [0.4, 0.5) is 5.69 Å². The molecule has 2 N–H and O–H groups in total. The van der Waals surface area contributed by atoms with E-state index < -0.39 is 11.8 Å². The van der Waals surface area contributed by atoms with Gasteiger partial charge in [-0.25, -0.2) is 9.78 Å². The number of nitrogens with zero attached hydrogens (tertiary/aromatic N) is 1. The Kier molecular flexibility index (Phi) is 5.66. The molecule has 0 aliphatic carbocycles. The molecule has 0 radical (unpaired) electrons. The summed E-state index contributed by atoms with van der Waals surface area (Å²) >= 11 is 0. The Morgan fingerprint density at radius 1 is 1.06 bits per heavy atom. The number of carbonyl (C=O) groups is 2. The van der Waals surface area contributed by atoms with E-state index in [9.17, 15) is 9.59 Å². The zero-order chi connectivity index (χ0) is 23.5. The number of pyridine rings is 1. The fraction of sp³-hybridized carbons (Fsp3) is 0.0741. The van der Waals surface area contributed by atoms with Crippen molar-refractivity contribution >= 4 is 34.5 Å². The van der Waals surface area contributed by atoms with Crippen LogP contribution in [0.2, 0.25) is 0 Å². The number of esters is 1. The average Bonchev–Trinajstić information content (AvgIpc) is 3.41. The molecule has 7 heteroatoms. The van der Waals surface area contributed by atoms with Crippen LogP contribution in [0.1, 0.15) is 12.5 Å². The number of ketones is 1. The number of rotatable bonds is 6. The number of aromatic amines is 1. The number of H-pyrrole nitrogens is 1. The maximum absolute atomic E-state index is 13.1. The van der Waals surface area contributed by atoms with Crippen molar-refractivity contribution in [3.63, 3.8) is 0 Å². The van der Waals surface area contributed by atoms with Gasteiger partial charge in [-0.1, -0.05) is 42.5 Å². The van der Waals surface area contributed by atoms with E-state index in [4.69, 9.17) is 9.47 Å². The summed E-state index contributed by atoms with van der Waals surface area (Å²) in [5, 5.41) is 3.90. The fourth-order valence-electron chi connectivity index (χ4n) is 3.75. The van der Waals surface area contributed by atoms with Gasteiger partial charge in [0.15, 0.2) is 11.3 Å². The third-order valence-corrected chi connectivity index (χ3v) is 5.39. The second-order valence-electron chi connectivity index (χ2n) is 7.58. The molecule has 0 saturated heterocycles. The van der Waals surface area contributed by atoms with Gasteiger partial charge in [0.25, 0.3) is 0 Å². The van der Waals surface area contributed by atoms with Crippen molar-refractivity contribution in [1.29, 1.82) is 0 Å². The molecule has 4 aromatic rings. The predicted molar refractivity (Wildman–Crippen MR) is 129 cm³/mol. The Labute approximate surface area is 195 Å². The number of aromatic nitrogens is 2. The Hall–Kier alpha value is -4.65. The molecule has 2 aromatic heterocycles. The van der Waals surface area contributed by atoms with E-state index in [-0.39, 0.29) is 23.8 Å². The third-order valence-electron chi connectivity index (χ3n) is 5.39. The Morgan fingerprint density at radius 2 is 1.82 bits per heavy atom. The van der Waals surface area contributed by atoms with E-state index >= 15 is 0 Å². The van der Waals surface area contributed by atoms with Crippen LogP contribution in [0, 0.1) is 0 Å². The lowest BCUT2D eigenvalue weighted by molar-refractivity contribution is -0.139. The zero-order valence-electron chi connectivity index (χ0n) is 18.4. The molecule has 0 unspecified atom stereocenters. The summed E-state index contributed by atoms with van der Waals surface area (Å²) in [6.07, 6.45) is 5.01. The number of fused-ring (bicyclic) bond motifs is 1. The van der Waals surface area contributed by atoms with Gasteiger partial charge in [0.05, 0.1) is 6.61 Å². The molecule has 7 nitrogen and oxygen atoms in total. The molecule has 1 aliphatic rings. The normalized spacial score (nSPS) is 14.5. The molecule has 1 aliphatic heterocycles. The summed E-state index contributed by atoms with van der Waals surface area (Å²) in [6, 6.07) is 21.3. The van der Waals surface area contributed by atoms with Gasteiger partial charge in [-0.15, -0.1) is 0 Å². The summed E-state index contributed by atoms with van der Waals surface area (Å²) in [6.45, 7) is 1.83. The van der Waals surface area contributed by atoms with Crippen LogP contribution >= 0.6 is 0 Å². The van der Waals surface area contributed by atoms with Crippen molar-refractivity contribution in [3.8, 4) is 11.1 Å². The van der Waals surface area contributed by atoms with E-state index in [1.807, 2.05) is 66.7 Å². The molecule has 34 heavy (non-hydrogen) atoms. The number of benzene rings is 2. The number of Topliss-reactive ketones (excluding diaryl/α,β-unsaturated/α-hetero) is 1. The van der Waals surface area contributed by atoms with Crippen molar-refractivity contribution in [2.75, 3.05) is 11.9 Å². The largest absolute Gasteiger partial charge is 0.462 e. The number of carbonyl (C=O) groups excluding carboxylic acids is 2. The summed E-state index contributed by atoms with van der Waals surface area (Å²) in [5.74, 6) is -1.21. The Bertz CT molecular complexity index is 1430. The summed E-state index contributed by atoms with van der Waals surface area (Å²) < 4.78 is 11.0. The molecule has 3 heterocycles. The number of hydrogen-bond donors (Lipinski definition) is 2. The molecule has 0 bridgehead atoms. The lowest BCUT2D eigenvalue weighted by atomic mass is 10.1. The van der Waals surface area contributed by atoms with Crippen molar-refractivity contribution < 1.29 is 19.1 Å². The number of anilines is 1. The monoisotopic (exact) mass is 451 g/mol. The van der Waals surface area contributed by atoms with Gasteiger partial charge in [0, 0.05) is 29.0 Å². The predicted octanol–water partition coefficient (Wildman–Crippen LogP) is 5.06. The van der Waals surface area contributed by atoms with Crippen molar-refractivity contribution in [2.24, 2.45) is 0 Å². The van der Waals surface area contributed by atoms with Crippen LogP contribution < -0.4 is 5.32 Å². The standard InChI is InChI=1S/C27H21N3O4/c1-2-33-27(32)23-24(31)22(15-19-16-29-25-21(19)9-6-14-28-25)34-26(23)30-20-12-10-18(11-13-20)17-7-4-3-5-8-17/h3-16,30H,2H2,1H3,(H,28,29). The molecular formula is C27H21N3O4. The first-order chi connectivity index (χ1) is 16.6. The molecule has 5 rings (SSSR count).